The Labute approximate surface area is 111 Å². The molecule has 0 spiro atoms. The summed E-state index contributed by atoms with van der Waals surface area (Å²) in [5.74, 6) is 0.917. The lowest BCUT2D eigenvalue weighted by atomic mass is 10.1. The van der Waals surface area contributed by atoms with Crippen LogP contribution in [0.5, 0.6) is 0 Å². The summed E-state index contributed by atoms with van der Waals surface area (Å²) in [6.07, 6.45) is 3.21. The number of benzene rings is 1. The van der Waals surface area contributed by atoms with E-state index < -0.39 is 6.17 Å². The van der Waals surface area contributed by atoms with E-state index in [4.69, 9.17) is 10.2 Å². The number of nitrogens with zero attached hydrogens (tertiary/aromatic N) is 1. The molecule has 0 saturated carbocycles. The second-order valence-corrected chi connectivity index (χ2v) is 4.75. The predicted octanol–water partition coefficient (Wildman–Crippen LogP) is 2.01. The van der Waals surface area contributed by atoms with E-state index in [1.54, 1.807) is 0 Å². The third kappa shape index (κ3) is 2.32. The highest BCUT2D eigenvalue weighted by Crippen LogP contribution is 2.28. The topological polar surface area (TPSA) is 59.5 Å². The van der Waals surface area contributed by atoms with Crippen LogP contribution in [0.2, 0.25) is 0 Å². The van der Waals surface area contributed by atoms with E-state index in [-0.39, 0.29) is 0 Å². The van der Waals surface area contributed by atoms with Crippen molar-refractivity contribution in [2.75, 3.05) is 13.1 Å². The molecule has 0 amide bonds. The lowest BCUT2D eigenvalue weighted by Crippen LogP contribution is -2.45. The first-order chi connectivity index (χ1) is 9.28. The van der Waals surface area contributed by atoms with Gasteiger partial charge in [0.2, 0.25) is 0 Å². The Morgan fingerprint density at radius 2 is 2.21 bits per heavy atom. The molecule has 98 valence electrons. The Morgan fingerprint density at radius 3 is 2.89 bits per heavy atom. The van der Waals surface area contributed by atoms with Crippen molar-refractivity contribution >= 4 is 22.8 Å². The van der Waals surface area contributed by atoms with E-state index in [1.807, 2.05) is 29.2 Å². The first kappa shape index (κ1) is 12.1. The smallest absolute Gasteiger partial charge is 0.151 e. The number of hydrogen-bond acceptors (Lipinski definition) is 4. The molecule has 0 radical (unpaired) electrons. The first-order valence-electron chi connectivity index (χ1n) is 6.41. The predicted molar refractivity (Wildman–Crippen MR) is 74.4 cm³/mol. The lowest BCUT2D eigenvalue weighted by molar-refractivity contribution is -0.112. The highest BCUT2D eigenvalue weighted by molar-refractivity contribution is 5.82. The SMILES string of the molecule is NC(C=O)N1CC=C(c2cc3ccccc3o2)CC1. The Bertz CT molecular complexity index is 597. The van der Waals surface area contributed by atoms with Crippen LogP contribution < -0.4 is 5.73 Å². The molecule has 2 heterocycles. The van der Waals surface area contributed by atoms with Crippen molar-refractivity contribution in [3.05, 3.63) is 42.2 Å². The summed E-state index contributed by atoms with van der Waals surface area (Å²) < 4.78 is 5.84. The summed E-state index contributed by atoms with van der Waals surface area (Å²) in [6, 6.07) is 10.0. The zero-order valence-electron chi connectivity index (χ0n) is 10.6. The maximum absolute atomic E-state index is 10.7. The van der Waals surface area contributed by atoms with Crippen molar-refractivity contribution in [1.82, 2.24) is 4.90 Å². The Morgan fingerprint density at radius 1 is 1.37 bits per heavy atom. The largest absolute Gasteiger partial charge is 0.456 e. The van der Waals surface area contributed by atoms with Gasteiger partial charge < -0.3 is 14.9 Å². The number of furan rings is 1. The van der Waals surface area contributed by atoms with Crippen molar-refractivity contribution in [2.45, 2.75) is 12.6 Å². The van der Waals surface area contributed by atoms with Crippen LogP contribution in [0, 0.1) is 0 Å². The normalized spacial score (nSPS) is 18.3. The molecule has 1 aliphatic heterocycles. The van der Waals surface area contributed by atoms with Crippen LogP contribution >= 0.6 is 0 Å². The number of aldehydes is 1. The molecule has 1 aromatic heterocycles. The lowest BCUT2D eigenvalue weighted by Gasteiger charge is -2.27. The van der Waals surface area contributed by atoms with Crippen molar-refractivity contribution in [3.63, 3.8) is 0 Å². The molecule has 0 bridgehead atoms. The van der Waals surface area contributed by atoms with Gasteiger partial charge in [-0.1, -0.05) is 24.3 Å². The van der Waals surface area contributed by atoms with Gasteiger partial charge in [-0.25, -0.2) is 0 Å². The van der Waals surface area contributed by atoms with Crippen LogP contribution in [0.15, 0.2) is 40.8 Å². The summed E-state index contributed by atoms with van der Waals surface area (Å²) in [5, 5.41) is 1.12. The standard InChI is InChI=1S/C15H16N2O2/c16-15(10-18)17-7-5-11(6-8-17)14-9-12-3-1-2-4-13(12)19-14/h1-5,9-10,15H,6-8,16H2. The van der Waals surface area contributed by atoms with Gasteiger partial charge in [0.15, 0.2) is 6.29 Å². The van der Waals surface area contributed by atoms with Crippen LogP contribution in [0.4, 0.5) is 0 Å². The zero-order chi connectivity index (χ0) is 13.2. The molecule has 1 aliphatic rings. The van der Waals surface area contributed by atoms with E-state index >= 15 is 0 Å². The fourth-order valence-electron chi connectivity index (χ4n) is 2.41. The molecular weight excluding hydrogens is 240 g/mol. The Balaban J connectivity index is 1.83. The monoisotopic (exact) mass is 256 g/mol. The second-order valence-electron chi connectivity index (χ2n) is 4.75. The number of carbonyl (C=O) groups excluding carboxylic acids is 1. The van der Waals surface area contributed by atoms with Crippen LogP contribution in [0.1, 0.15) is 12.2 Å². The minimum atomic E-state index is -0.506. The zero-order valence-corrected chi connectivity index (χ0v) is 10.6. The van der Waals surface area contributed by atoms with Crippen molar-refractivity contribution in [1.29, 1.82) is 0 Å². The molecule has 3 rings (SSSR count). The van der Waals surface area contributed by atoms with Gasteiger partial charge >= 0.3 is 0 Å². The van der Waals surface area contributed by atoms with Gasteiger partial charge in [-0.3, -0.25) is 4.90 Å². The molecule has 0 saturated heterocycles. The molecule has 1 unspecified atom stereocenters. The molecule has 4 heteroatoms. The van der Waals surface area contributed by atoms with Crippen LogP contribution in [0.3, 0.4) is 0 Å². The van der Waals surface area contributed by atoms with Crippen LogP contribution in [-0.4, -0.2) is 30.4 Å². The average Bonchev–Trinajstić information content (AvgIpc) is 2.90. The molecule has 0 aliphatic carbocycles. The average molecular weight is 256 g/mol. The molecule has 1 atom stereocenters. The van der Waals surface area contributed by atoms with Crippen molar-refractivity contribution in [2.24, 2.45) is 5.73 Å². The highest BCUT2D eigenvalue weighted by atomic mass is 16.3. The molecule has 0 fully saturated rings. The number of nitrogens with two attached hydrogens (primary N) is 1. The fraction of sp³-hybridized carbons (Fsp3) is 0.267. The van der Waals surface area contributed by atoms with Gasteiger partial charge in [-0.2, -0.15) is 0 Å². The summed E-state index contributed by atoms with van der Waals surface area (Å²) in [5.41, 5.74) is 7.79. The van der Waals surface area contributed by atoms with Crippen LogP contribution in [-0.2, 0) is 4.79 Å². The third-order valence-corrected chi connectivity index (χ3v) is 3.54. The Hall–Kier alpha value is -1.91. The molecule has 19 heavy (non-hydrogen) atoms. The minimum Gasteiger partial charge on any atom is -0.456 e. The van der Waals surface area contributed by atoms with Gasteiger partial charge in [0.25, 0.3) is 0 Å². The molecule has 4 nitrogen and oxygen atoms in total. The van der Waals surface area contributed by atoms with E-state index in [1.165, 1.54) is 5.57 Å². The maximum Gasteiger partial charge on any atom is 0.151 e. The minimum absolute atomic E-state index is 0.506. The number of para-hydroxylation sites is 1. The molecule has 2 aromatic rings. The quantitative estimate of drug-likeness (QED) is 0.853. The van der Waals surface area contributed by atoms with Gasteiger partial charge in [-0.15, -0.1) is 0 Å². The highest BCUT2D eigenvalue weighted by Gasteiger charge is 2.19. The van der Waals surface area contributed by atoms with Gasteiger partial charge in [0.1, 0.15) is 17.5 Å². The fourth-order valence-corrected chi connectivity index (χ4v) is 2.41. The van der Waals surface area contributed by atoms with Crippen molar-refractivity contribution in [3.8, 4) is 0 Å². The molecular formula is C15H16N2O2. The second kappa shape index (κ2) is 4.99. The summed E-state index contributed by atoms with van der Waals surface area (Å²) in [7, 11) is 0. The number of rotatable bonds is 3. The first-order valence-corrected chi connectivity index (χ1v) is 6.41. The van der Waals surface area contributed by atoms with Crippen LogP contribution in [0.25, 0.3) is 16.5 Å². The summed E-state index contributed by atoms with van der Waals surface area (Å²) >= 11 is 0. The number of hydrogen-bond donors (Lipinski definition) is 1. The van der Waals surface area contributed by atoms with Gasteiger partial charge in [-0.05, 0) is 24.1 Å². The van der Waals surface area contributed by atoms with E-state index in [0.717, 1.165) is 36.0 Å². The van der Waals surface area contributed by atoms with Gasteiger partial charge in [0.05, 0.1) is 0 Å². The summed E-state index contributed by atoms with van der Waals surface area (Å²) in [4.78, 5) is 12.6. The molecule has 2 N–H and O–H groups in total. The Kier molecular flexibility index (Phi) is 3.19. The van der Waals surface area contributed by atoms with E-state index in [2.05, 4.69) is 12.1 Å². The summed E-state index contributed by atoms with van der Waals surface area (Å²) in [6.45, 7) is 1.47. The third-order valence-electron chi connectivity index (χ3n) is 3.54. The van der Waals surface area contributed by atoms with Gasteiger partial charge in [0, 0.05) is 18.5 Å². The molecule has 1 aromatic carbocycles. The maximum atomic E-state index is 10.7. The number of carbonyl (C=O) groups is 1. The van der Waals surface area contributed by atoms with E-state index in [0.29, 0.717) is 6.54 Å². The van der Waals surface area contributed by atoms with E-state index in [9.17, 15) is 4.79 Å². The number of fused-ring (bicyclic) bond motifs is 1. The van der Waals surface area contributed by atoms with Crippen molar-refractivity contribution < 1.29 is 9.21 Å².